The zero-order valence-corrected chi connectivity index (χ0v) is 14.4. The summed E-state index contributed by atoms with van der Waals surface area (Å²) >= 11 is 0. The Morgan fingerprint density at radius 2 is 2.08 bits per heavy atom. The second kappa shape index (κ2) is 6.89. The molecule has 2 aliphatic rings. The summed E-state index contributed by atoms with van der Waals surface area (Å²) in [6.45, 7) is 7.68. The first-order valence-electron chi connectivity index (χ1n) is 8.68. The zero-order valence-electron chi connectivity index (χ0n) is 14.4. The largest absolute Gasteiger partial charge is 0.379 e. The maximum absolute atomic E-state index is 12.8. The Labute approximate surface area is 146 Å². The minimum absolute atomic E-state index is 0.108. The number of anilines is 1. The summed E-state index contributed by atoms with van der Waals surface area (Å²) in [4.78, 5) is 21.3. The van der Waals surface area contributed by atoms with Crippen molar-refractivity contribution in [3.8, 4) is 0 Å². The molecule has 0 bridgehead atoms. The molecular formula is C17H22N6O2. The molecule has 8 nitrogen and oxygen atoms in total. The molecule has 0 spiro atoms. The van der Waals surface area contributed by atoms with Gasteiger partial charge in [0.2, 0.25) is 0 Å². The van der Waals surface area contributed by atoms with Crippen LogP contribution in [0, 0.1) is 6.92 Å². The summed E-state index contributed by atoms with van der Waals surface area (Å²) in [6, 6.07) is 2.01. The van der Waals surface area contributed by atoms with Crippen LogP contribution in [0.2, 0.25) is 0 Å². The average molecular weight is 342 g/mol. The summed E-state index contributed by atoms with van der Waals surface area (Å²) in [7, 11) is 0. The number of hydrogen-bond acceptors (Lipinski definition) is 6. The van der Waals surface area contributed by atoms with Gasteiger partial charge in [0.05, 0.1) is 37.3 Å². The number of fused-ring (bicyclic) bond motifs is 1. The first kappa shape index (κ1) is 16.2. The van der Waals surface area contributed by atoms with E-state index in [9.17, 15) is 4.79 Å². The average Bonchev–Trinajstić information content (AvgIpc) is 3.27. The maximum Gasteiger partial charge on any atom is 0.280 e. The molecule has 0 saturated carbocycles. The van der Waals surface area contributed by atoms with Gasteiger partial charge in [-0.05, 0) is 18.6 Å². The van der Waals surface area contributed by atoms with Crippen molar-refractivity contribution in [1.82, 2.24) is 24.9 Å². The van der Waals surface area contributed by atoms with Gasteiger partial charge in [0.15, 0.2) is 5.69 Å². The first-order chi connectivity index (χ1) is 12.2. The molecule has 2 aromatic rings. The lowest BCUT2D eigenvalue weighted by atomic mass is 10.2. The Morgan fingerprint density at radius 3 is 2.92 bits per heavy atom. The topological polar surface area (TPSA) is 76.4 Å². The Balaban J connectivity index is 1.42. The highest BCUT2D eigenvalue weighted by molar-refractivity contribution is 6.05. The highest BCUT2D eigenvalue weighted by atomic mass is 16.5. The van der Waals surface area contributed by atoms with E-state index >= 15 is 0 Å². The standard InChI is InChI=1S/C17H22N6O2/c1-13-10-16-14(18-11-13)2-3-23(16)17(24)15-12-22(20-19-15)5-4-21-6-8-25-9-7-21/h10-12H,2-9H2,1H3. The van der Waals surface area contributed by atoms with Crippen LogP contribution >= 0.6 is 0 Å². The van der Waals surface area contributed by atoms with E-state index in [1.165, 1.54) is 0 Å². The van der Waals surface area contributed by atoms with Crippen molar-refractivity contribution in [2.75, 3.05) is 44.3 Å². The number of pyridine rings is 1. The van der Waals surface area contributed by atoms with E-state index in [0.29, 0.717) is 12.2 Å². The molecule has 2 aliphatic heterocycles. The molecule has 1 amide bonds. The molecule has 0 aliphatic carbocycles. The lowest BCUT2D eigenvalue weighted by Crippen LogP contribution is -2.38. The van der Waals surface area contributed by atoms with Gasteiger partial charge in [0.1, 0.15) is 0 Å². The molecule has 2 aromatic heterocycles. The number of aromatic nitrogens is 4. The molecule has 132 valence electrons. The van der Waals surface area contributed by atoms with E-state index in [1.54, 1.807) is 15.8 Å². The molecule has 0 aromatic carbocycles. The predicted molar refractivity (Wildman–Crippen MR) is 91.6 cm³/mol. The minimum atomic E-state index is -0.108. The van der Waals surface area contributed by atoms with Crippen molar-refractivity contribution in [2.24, 2.45) is 0 Å². The number of aryl methyl sites for hydroxylation is 1. The Hall–Kier alpha value is -2.32. The molecule has 1 saturated heterocycles. The van der Waals surface area contributed by atoms with Gasteiger partial charge in [-0.15, -0.1) is 5.10 Å². The van der Waals surface area contributed by atoms with Gasteiger partial charge in [-0.25, -0.2) is 0 Å². The number of nitrogens with zero attached hydrogens (tertiary/aromatic N) is 6. The van der Waals surface area contributed by atoms with Crippen molar-refractivity contribution in [3.63, 3.8) is 0 Å². The lowest BCUT2D eigenvalue weighted by Gasteiger charge is -2.26. The van der Waals surface area contributed by atoms with Crippen molar-refractivity contribution < 1.29 is 9.53 Å². The van der Waals surface area contributed by atoms with Gasteiger partial charge in [0, 0.05) is 38.8 Å². The molecule has 0 atom stereocenters. The summed E-state index contributed by atoms with van der Waals surface area (Å²) < 4.78 is 7.09. The molecule has 0 N–H and O–H groups in total. The second-order valence-electron chi connectivity index (χ2n) is 6.51. The minimum Gasteiger partial charge on any atom is -0.379 e. The van der Waals surface area contributed by atoms with Crippen LogP contribution in [-0.2, 0) is 17.7 Å². The van der Waals surface area contributed by atoms with Crippen LogP contribution in [0.4, 0.5) is 5.69 Å². The number of morpholine rings is 1. The van der Waals surface area contributed by atoms with Crippen LogP contribution < -0.4 is 4.90 Å². The number of rotatable bonds is 4. The van der Waals surface area contributed by atoms with Crippen LogP contribution in [-0.4, -0.2) is 70.2 Å². The molecule has 25 heavy (non-hydrogen) atoms. The molecular weight excluding hydrogens is 320 g/mol. The van der Waals surface area contributed by atoms with Crippen LogP contribution in [0.15, 0.2) is 18.5 Å². The van der Waals surface area contributed by atoms with E-state index < -0.39 is 0 Å². The fraction of sp³-hybridized carbons (Fsp3) is 0.529. The number of amides is 1. The fourth-order valence-electron chi connectivity index (χ4n) is 3.27. The quantitative estimate of drug-likeness (QED) is 0.806. The zero-order chi connectivity index (χ0) is 17.2. The van der Waals surface area contributed by atoms with Crippen molar-refractivity contribution in [3.05, 3.63) is 35.4 Å². The Kier molecular flexibility index (Phi) is 4.46. The van der Waals surface area contributed by atoms with Gasteiger partial charge < -0.3 is 9.64 Å². The van der Waals surface area contributed by atoms with Gasteiger partial charge in [0.25, 0.3) is 5.91 Å². The second-order valence-corrected chi connectivity index (χ2v) is 6.51. The number of carbonyl (C=O) groups excluding carboxylic acids is 1. The Bertz CT molecular complexity index is 768. The van der Waals surface area contributed by atoms with E-state index in [4.69, 9.17) is 4.74 Å². The third-order valence-electron chi connectivity index (χ3n) is 4.70. The van der Waals surface area contributed by atoms with Gasteiger partial charge in [-0.2, -0.15) is 0 Å². The van der Waals surface area contributed by atoms with E-state index in [2.05, 4.69) is 20.2 Å². The maximum atomic E-state index is 12.8. The number of hydrogen-bond donors (Lipinski definition) is 0. The van der Waals surface area contributed by atoms with Crippen molar-refractivity contribution in [2.45, 2.75) is 19.9 Å². The molecule has 0 radical (unpaired) electrons. The van der Waals surface area contributed by atoms with E-state index in [-0.39, 0.29) is 5.91 Å². The smallest absolute Gasteiger partial charge is 0.280 e. The monoisotopic (exact) mass is 342 g/mol. The fourth-order valence-corrected chi connectivity index (χ4v) is 3.27. The third kappa shape index (κ3) is 3.40. The van der Waals surface area contributed by atoms with E-state index in [1.807, 2.05) is 19.2 Å². The van der Waals surface area contributed by atoms with Crippen LogP contribution in [0.3, 0.4) is 0 Å². The number of ether oxygens (including phenoxy) is 1. The van der Waals surface area contributed by atoms with Crippen molar-refractivity contribution >= 4 is 11.6 Å². The lowest BCUT2D eigenvalue weighted by molar-refractivity contribution is 0.0359. The van der Waals surface area contributed by atoms with Crippen LogP contribution in [0.25, 0.3) is 0 Å². The predicted octanol–water partition coefficient (Wildman–Crippen LogP) is 0.517. The molecule has 1 fully saturated rings. The van der Waals surface area contributed by atoms with Crippen molar-refractivity contribution in [1.29, 1.82) is 0 Å². The summed E-state index contributed by atoms with van der Waals surface area (Å²) in [5.74, 6) is -0.108. The van der Waals surface area contributed by atoms with Gasteiger partial charge >= 0.3 is 0 Å². The summed E-state index contributed by atoms with van der Waals surface area (Å²) in [5.41, 5.74) is 3.30. The van der Waals surface area contributed by atoms with Crippen LogP contribution in [0.5, 0.6) is 0 Å². The molecule has 8 heteroatoms. The molecule has 4 rings (SSSR count). The summed E-state index contributed by atoms with van der Waals surface area (Å²) in [5, 5.41) is 8.19. The Morgan fingerprint density at radius 1 is 1.24 bits per heavy atom. The third-order valence-corrected chi connectivity index (χ3v) is 4.70. The first-order valence-corrected chi connectivity index (χ1v) is 8.68. The van der Waals surface area contributed by atoms with E-state index in [0.717, 1.165) is 62.8 Å². The molecule has 4 heterocycles. The van der Waals surface area contributed by atoms with Gasteiger partial charge in [-0.1, -0.05) is 5.21 Å². The highest BCUT2D eigenvalue weighted by Crippen LogP contribution is 2.28. The summed E-state index contributed by atoms with van der Waals surface area (Å²) in [6.07, 6.45) is 4.37. The number of carbonyl (C=O) groups is 1. The molecule has 0 unspecified atom stereocenters. The SMILES string of the molecule is Cc1cnc2c(c1)N(C(=O)c1cn(CCN3CCOCC3)nn1)CC2. The van der Waals surface area contributed by atoms with Crippen LogP contribution in [0.1, 0.15) is 21.7 Å². The van der Waals surface area contributed by atoms with Gasteiger partial charge in [-0.3, -0.25) is 19.4 Å². The normalized spacial score (nSPS) is 17.7. The highest BCUT2D eigenvalue weighted by Gasteiger charge is 2.28.